The van der Waals surface area contributed by atoms with Crippen molar-refractivity contribution in [2.75, 3.05) is 6.54 Å². The number of aliphatic hydroxyl groups is 2. The van der Waals surface area contributed by atoms with Crippen molar-refractivity contribution in [3.05, 3.63) is 28.8 Å². The number of aliphatic hydroxyl groups excluding tert-OH is 2. The summed E-state index contributed by atoms with van der Waals surface area (Å²) in [5.74, 6) is -2.69. The number of hydrogen-bond donors (Lipinski definition) is 8. The highest BCUT2D eigenvalue weighted by Gasteiger charge is 2.50. The van der Waals surface area contributed by atoms with Crippen LogP contribution in [0, 0.1) is 17.2 Å². The van der Waals surface area contributed by atoms with Crippen LogP contribution in [0.4, 0.5) is 0 Å². The molecule has 1 aliphatic heterocycles. The average Bonchev–Trinajstić information content (AvgIpc) is 3.37. The predicted molar refractivity (Wildman–Crippen MR) is 174 cm³/mol. The van der Waals surface area contributed by atoms with Crippen LogP contribution in [0.25, 0.3) is 0 Å². The summed E-state index contributed by atoms with van der Waals surface area (Å²) in [5.41, 5.74) is 5.61. The van der Waals surface area contributed by atoms with Gasteiger partial charge < -0.3 is 45.8 Å². The maximum Gasteiger partial charge on any atom is 0.446 e. The van der Waals surface area contributed by atoms with E-state index in [-0.39, 0.29) is 54.3 Å². The van der Waals surface area contributed by atoms with Crippen molar-refractivity contribution in [1.82, 2.24) is 20.9 Å². The first-order valence-corrected chi connectivity index (χ1v) is 17.5. The molecular weight excluding hydrogens is 672 g/mol. The summed E-state index contributed by atoms with van der Waals surface area (Å²) in [6, 6.07) is 0.324. The second kappa shape index (κ2) is 17.2. The highest BCUT2D eigenvalue weighted by Crippen LogP contribution is 2.40. The van der Waals surface area contributed by atoms with Gasteiger partial charge >= 0.3 is 10.4 Å². The molecule has 7 atom stereocenters. The summed E-state index contributed by atoms with van der Waals surface area (Å²) in [6.45, 7) is 4.02. The van der Waals surface area contributed by atoms with E-state index in [1.54, 1.807) is 0 Å². The largest absolute Gasteiger partial charge is 0.446 e. The molecule has 0 radical (unpaired) electrons. The van der Waals surface area contributed by atoms with Crippen molar-refractivity contribution in [2.45, 2.75) is 102 Å². The molecule has 0 aromatic heterocycles. The third-order valence-electron chi connectivity index (χ3n) is 8.45. The zero-order valence-corrected chi connectivity index (χ0v) is 28.4. The Morgan fingerprint density at radius 1 is 1.21 bits per heavy atom. The Balaban J connectivity index is 1.77. The number of halogens is 1. The third-order valence-corrected chi connectivity index (χ3v) is 9.13. The minimum Gasteiger partial charge on any atom is -0.393 e. The Kier molecular flexibility index (Phi) is 14.0. The lowest BCUT2D eigenvalue weighted by molar-refractivity contribution is -0.146. The maximum atomic E-state index is 14.3. The van der Waals surface area contributed by atoms with Crippen LogP contribution in [0.2, 0.25) is 5.02 Å². The molecule has 1 aromatic carbocycles. The molecule has 16 nitrogen and oxygen atoms in total. The zero-order valence-electron chi connectivity index (χ0n) is 26.8. The average molecular weight is 717 g/mol. The number of carbonyl (C=O) groups is 4. The Bertz CT molecular complexity index is 1450. The first-order valence-electron chi connectivity index (χ1n) is 15.8. The lowest BCUT2D eigenvalue weighted by Gasteiger charge is -2.38. The van der Waals surface area contributed by atoms with Crippen molar-refractivity contribution in [3.63, 3.8) is 0 Å². The number of nitrogens with two attached hydrogens (primary N) is 1. The van der Waals surface area contributed by atoms with Crippen LogP contribution in [0.1, 0.15) is 64.4 Å². The van der Waals surface area contributed by atoms with Gasteiger partial charge in [0.1, 0.15) is 24.5 Å². The van der Waals surface area contributed by atoms with Crippen molar-refractivity contribution in [3.8, 4) is 5.75 Å². The van der Waals surface area contributed by atoms with Gasteiger partial charge in [0, 0.05) is 19.0 Å². The van der Waals surface area contributed by atoms with Crippen LogP contribution in [0.3, 0.4) is 0 Å². The van der Waals surface area contributed by atoms with Crippen LogP contribution in [0.5, 0.6) is 5.75 Å². The van der Waals surface area contributed by atoms with Gasteiger partial charge in [-0.1, -0.05) is 31.5 Å². The first kappa shape index (κ1) is 38.9. The molecule has 1 aromatic rings. The summed E-state index contributed by atoms with van der Waals surface area (Å²) >= 11 is 6.03. The number of likely N-dealkylation sites (tertiary alicyclic amines) is 1. The van der Waals surface area contributed by atoms with E-state index in [1.807, 2.05) is 13.8 Å². The van der Waals surface area contributed by atoms with Crippen LogP contribution < -0.4 is 25.9 Å². The highest BCUT2D eigenvalue weighted by atomic mass is 35.5. The number of rotatable bonds is 16. The van der Waals surface area contributed by atoms with Gasteiger partial charge in [0.05, 0.1) is 17.2 Å². The quantitative estimate of drug-likeness (QED) is 0.0371. The van der Waals surface area contributed by atoms with Gasteiger partial charge in [-0.3, -0.25) is 24.3 Å². The lowest BCUT2D eigenvalue weighted by Crippen LogP contribution is -2.58. The molecule has 1 heterocycles. The highest BCUT2D eigenvalue weighted by molar-refractivity contribution is 7.81. The van der Waals surface area contributed by atoms with Gasteiger partial charge in [-0.05, 0) is 74.5 Å². The molecule has 3 amide bonds. The summed E-state index contributed by atoms with van der Waals surface area (Å²) in [4.78, 5) is 54.3. The molecule has 1 saturated carbocycles. The Labute approximate surface area is 284 Å². The van der Waals surface area contributed by atoms with Gasteiger partial charge in [0.25, 0.3) is 0 Å². The Morgan fingerprint density at radius 2 is 1.92 bits per heavy atom. The molecule has 48 heavy (non-hydrogen) atoms. The molecule has 0 spiro atoms. The number of nitrogens with zero attached hydrogens (tertiary/aromatic N) is 1. The molecule has 268 valence electrons. The number of amides is 3. The summed E-state index contributed by atoms with van der Waals surface area (Å²) in [5, 5.41) is 36.3. The van der Waals surface area contributed by atoms with Crippen LogP contribution in [-0.2, 0) is 36.0 Å². The van der Waals surface area contributed by atoms with E-state index in [2.05, 4.69) is 20.1 Å². The van der Waals surface area contributed by atoms with E-state index in [1.165, 1.54) is 17.0 Å². The van der Waals surface area contributed by atoms with E-state index in [0.717, 1.165) is 6.07 Å². The van der Waals surface area contributed by atoms with Gasteiger partial charge in [-0.25, -0.2) is 0 Å². The molecular formula is C30H45ClN6O10S. The minimum atomic E-state index is -4.82. The van der Waals surface area contributed by atoms with E-state index in [0.29, 0.717) is 44.1 Å². The van der Waals surface area contributed by atoms with Crippen molar-refractivity contribution >= 4 is 52.0 Å². The van der Waals surface area contributed by atoms with Crippen LogP contribution >= 0.6 is 11.6 Å². The second-order valence-corrected chi connectivity index (χ2v) is 14.1. The SMILES string of the molecule is CC(C)C[C@@H](NC(=O)[C@H](O)Cc1ccc(OS(=O)(=O)O)c(Cl)c1)C(=O)N1[C@H](C(=O)N[C@@H](C=O)CCCNC(=N)N)C[C@@H]2CC[C@@H](O)C[C@@H]21. The summed E-state index contributed by atoms with van der Waals surface area (Å²) < 4.78 is 35.3. The number of nitrogens with one attached hydrogen (secondary N) is 4. The molecule has 18 heteroatoms. The van der Waals surface area contributed by atoms with E-state index >= 15 is 0 Å². The third kappa shape index (κ3) is 11.3. The zero-order chi connectivity index (χ0) is 35.8. The Morgan fingerprint density at radius 3 is 2.52 bits per heavy atom. The number of guanidine groups is 1. The normalized spacial score (nSPS) is 22.6. The van der Waals surface area contributed by atoms with Crippen molar-refractivity contribution < 1.29 is 46.5 Å². The number of benzene rings is 1. The van der Waals surface area contributed by atoms with Crippen molar-refractivity contribution in [2.24, 2.45) is 17.6 Å². The second-order valence-electron chi connectivity index (χ2n) is 12.7. The fraction of sp³-hybridized carbons (Fsp3) is 0.633. The van der Waals surface area contributed by atoms with Gasteiger partial charge in [0.2, 0.25) is 17.7 Å². The van der Waals surface area contributed by atoms with Crippen LogP contribution in [0.15, 0.2) is 18.2 Å². The van der Waals surface area contributed by atoms with Gasteiger partial charge in [0.15, 0.2) is 11.7 Å². The molecule has 1 aliphatic carbocycles. The Hall–Kier alpha value is -3.51. The van der Waals surface area contributed by atoms with Gasteiger partial charge in [-0.2, -0.15) is 8.42 Å². The van der Waals surface area contributed by atoms with Gasteiger partial charge in [-0.15, -0.1) is 0 Å². The molecule has 0 bridgehead atoms. The standard InChI is InChI=1S/C30H45ClN6O10S/c1-16(2)10-22(36-28(42)25(40)12-17-5-8-26(21(31)11-17)47-48(44,45)46)29(43)37-23-14-20(39)7-6-18(23)13-24(37)27(41)35-19(15-38)4-3-9-34-30(32)33/h5,8,11,15-16,18-20,22-25,39-40H,3-4,6-7,9-10,12-14H2,1-2H3,(H,35,41)(H,36,42)(H4,32,33,34)(H,44,45,46)/t18-,19+,20+,22+,23-,24-,25+/m0/s1. The topological polar surface area (TPSA) is 262 Å². The molecule has 2 fully saturated rings. The van der Waals surface area contributed by atoms with Crippen molar-refractivity contribution in [1.29, 1.82) is 5.41 Å². The molecule has 9 N–H and O–H groups in total. The smallest absolute Gasteiger partial charge is 0.393 e. The molecule has 3 rings (SSSR count). The number of fused-ring (bicyclic) bond motifs is 1. The number of carbonyl (C=O) groups excluding carboxylic acids is 4. The molecule has 1 saturated heterocycles. The van der Waals surface area contributed by atoms with E-state index in [9.17, 15) is 37.8 Å². The number of hydrogen-bond acceptors (Lipinski definition) is 10. The minimum absolute atomic E-state index is 0.0824. The summed E-state index contributed by atoms with van der Waals surface area (Å²) in [6.07, 6.45) is 0.566. The maximum absolute atomic E-state index is 14.3. The lowest BCUT2D eigenvalue weighted by atomic mass is 9.83. The predicted octanol–water partition coefficient (Wildman–Crippen LogP) is 0.0334. The summed E-state index contributed by atoms with van der Waals surface area (Å²) in [7, 11) is -4.82. The van der Waals surface area contributed by atoms with E-state index < -0.39 is 64.5 Å². The fourth-order valence-corrected chi connectivity index (χ4v) is 6.95. The van der Waals surface area contributed by atoms with Crippen LogP contribution in [-0.4, -0.2) is 101 Å². The first-order chi connectivity index (χ1) is 22.5. The monoisotopic (exact) mass is 716 g/mol. The molecule has 0 unspecified atom stereocenters. The molecule has 2 aliphatic rings. The van der Waals surface area contributed by atoms with E-state index in [4.69, 9.17) is 27.3 Å². The fourth-order valence-electron chi connectivity index (χ4n) is 6.29. The number of aldehydes is 1.